The van der Waals surface area contributed by atoms with E-state index >= 15 is 0 Å². The second kappa shape index (κ2) is 6.56. The van der Waals surface area contributed by atoms with Crippen LogP contribution in [0.2, 0.25) is 0 Å². The minimum Gasteiger partial charge on any atom is -0.477 e. The number of carbonyl (C=O) groups excluding carboxylic acids is 1. The van der Waals surface area contributed by atoms with Crippen LogP contribution in [0.3, 0.4) is 0 Å². The molecule has 0 bridgehead atoms. The second-order valence-corrected chi connectivity index (χ2v) is 8.62. The molecule has 12 nitrogen and oxygen atoms in total. The van der Waals surface area contributed by atoms with Gasteiger partial charge in [-0.15, -0.1) is 16.9 Å². The summed E-state index contributed by atoms with van der Waals surface area (Å²) < 4.78 is 31.6. The molecule has 2 aliphatic rings. The van der Waals surface area contributed by atoms with Gasteiger partial charge in [-0.25, -0.2) is 9.48 Å². The molecular weight excluding hydrogens is 396 g/mol. The average molecular weight is 408 g/mol. The number of carboxylic acids is 1. The van der Waals surface area contributed by atoms with Gasteiger partial charge in [0, 0.05) is 11.5 Å². The number of thioether (sulfide) groups is 2. The number of amides is 1. The van der Waals surface area contributed by atoms with E-state index in [4.69, 9.17) is 10.3 Å². The number of carbonyl (C=O) groups is 2. The van der Waals surface area contributed by atoms with Crippen molar-refractivity contribution >= 4 is 45.5 Å². The molecular formula is C10H12N6O6S3. The topological polar surface area (TPSA) is 182 Å². The first kappa shape index (κ1) is 18.1. The summed E-state index contributed by atoms with van der Waals surface area (Å²) in [5.41, 5.74) is 6.03. The fraction of sp³-hybridized carbons (Fsp3) is 0.500. The molecule has 1 saturated heterocycles. The van der Waals surface area contributed by atoms with Crippen LogP contribution in [-0.2, 0) is 25.6 Å². The zero-order chi connectivity index (χ0) is 18.4. The van der Waals surface area contributed by atoms with Crippen LogP contribution in [0.25, 0.3) is 0 Å². The monoisotopic (exact) mass is 408 g/mol. The van der Waals surface area contributed by atoms with Crippen LogP contribution in [0.4, 0.5) is 0 Å². The lowest BCUT2D eigenvalue weighted by molar-refractivity contribution is -0.147. The summed E-state index contributed by atoms with van der Waals surface area (Å²) in [6.45, 7) is 0. The summed E-state index contributed by atoms with van der Waals surface area (Å²) in [4.78, 5) is 24.6. The zero-order valence-corrected chi connectivity index (χ0v) is 14.8. The zero-order valence-electron chi connectivity index (χ0n) is 12.3. The molecule has 0 saturated carbocycles. The number of nitrogens with two attached hydrogens (primary N) is 1. The standard InChI is InChI=1S/C10H12N6O6S3/c11-5-7(17)16-6(9(18)19)4(1-23-8(5)16)2-24-10-12-13-14-15(10)3-25(20,21)22/h5,8H,1-3,11H2,(H,18,19)(H,20,21,22). The van der Waals surface area contributed by atoms with Gasteiger partial charge in [-0.05, 0) is 16.0 Å². The summed E-state index contributed by atoms with van der Waals surface area (Å²) in [5.74, 6) is -2.02. The van der Waals surface area contributed by atoms with E-state index in [1.165, 1.54) is 11.8 Å². The van der Waals surface area contributed by atoms with Gasteiger partial charge in [0.1, 0.15) is 17.1 Å². The Balaban J connectivity index is 1.79. The van der Waals surface area contributed by atoms with Crippen LogP contribution in [0.15, 0.2) is 16.4 Å². The minimum atomic E-state index is -4.33. The largest absolute Gasteiger partial charge is 0.477 e. The number of tetrazole rings is 1. The highest BCUT2D eigenvalue weighted by Gasteiger charge is 2.51. The smallest absolute Gasteiger partial charge is 0.352 e. The number of rotatable bonds is 6. The van der Waals surface area contributed by atoms with E-state index in [9.17, 15) is 23.1 Å². The van der Waals surface area contributed by atoms with E-state index in [0.29, 0.717) is 11.3 Å². The van der Waals surface area contributed by atoms with E-state index in [2.05, 4.69) is 15.5 Å². The predicted octanol–water partition coefficient (Wildman–Crippen LogP) is -1.81. The molecule has 2 atom stereocenters. The van der Waals surface area contributed by atoms with Crippen LogP contribution in [0.1, 0.15) is 0 Å². The molecule has 15 heteroatoms. The first-order chi connectivity index (χ1) is 11.7. The Morgan fingerprint density at radius 1 is 1.48 bits per heavy atom. The number of nitrogens with zero attached hydrogens (tertiary/aromatic N) is 5. The molecule has 3 rings (SSSR count). The molecule has 25 heavy (non-hydrogen) atoms. The maximum Gasteiger partial charge on any atom is 0.352 e. The normalized spacial score (nSPS) is 23.4. The number of carboxylic acid groups (broad SMARTS) is 1. The first-order valence-electron chi connectivity index (χ1n) is 6.68. The lowest BCUT2D eigenvalue weighted by Gasteiger charge is -2.48. The third kappa shape index (κ3) is 3.50. The van der Waals surface area contributed by atoms with Crippen molar-refractivity contribution in [1.29, 1.82) is 0 Å². The number of fused-ring (bicyclic) bond motifs is 1. The van der Waals surface area contributed by atoms with Gasteiger partial charge in [0.15, 0.2) is 5.88 Å². The SMILES string of the molecule is NC1C(=O)N2C(C(=O)O)=C(CSc3nnnn3CS(=O)(=O)O)CSC12. The Morgan fingerprint density at radius 3 is 2.84 bits per heavy atom. The molecule has 0 radical (unpaired) electrons. The van der Waals surface area contributed by atoms with Crippen molar-refractivity contribution in [2.24, 2.45) is 5.73 Å². The Hall–Kier alpha value is -1.68. The van der Waals surface area contributed by atoms with Gasteiger partial charge in [-0.3, -0.25) is 14.2 Å². The maximum atomic E-state index is 11.9. The fourth-order valence-electron chi connectivity index (χ4n) is 2.38. The van der Waals surface area contributed by atoms with Gasteiger partial charge in [0.05, 0.1) is 0 Å². The average Bonchev–Trinajstić information content (AvgIpc) is 2.96. The summed E-state index contributed by atoms with van der Waals surface area (Å²) in [6.07, 6.45) is 0. The number of aromatic nitrogens is 4. The van der Waals surface area contributed by atoms with Crippen molar-refractivity contribution in [3.8, 4) is 0 Å². The number of aliphatic carboxylic acids is 1. The van der Waals surface area contributed by atoms with Gasteiger partial charge in [0.25, 0.3) is 10.1 Å². The molecule has 0 aromatic carbocycles. The third-order valence-electron chi connectivity index (χ3n) is 3.45. The first-order valence-corrected chi connectivity index (χ1v) is 10.3. The van der Waals surface area contributed by atoms with Crippen molar-refractivity contribution in [2.75, 3.05) is 11.5 Å². The molecule has 1 amide bonds. The molecule has 0 aliphatic carbocycles. The molecule has 2 unspecified atom stereocenters. The minimum absolute atomic E-state index is 0.0913. The summed E-state index contributed by atoms with van der Waals surface area (Å²) in [5, 5.41) is 19.6. The number of hydrogen-bond donors (Lipinski definition) is 3. The number of hydrogen-bond acceptors (Lipinski definition) is 10. The van der Waals surface area contributed by atoms with E-state index in [0.717, 1.165) is 21.3 Å². The van der Waals surface area contributed by atoms with Crippen molar-refractivity contribution in [3.05, 3.63) is 11.3 Å². The van der Waals surface area contributed by atoms with Crippen LogP contribution in [0, 0.1) is 0 Å². The van der Waals surface area contributed by atoms with Crippen molar-refractivity contribution in [2.45, 2.75) is 22.4 Å². The fourth-order valence-corrected chi connectivity index (χ4v) is 5.25. The van der Waals surface area contributed by atoms with Crippen molar-refractivity contribution in [1.82, 2.24) is 25.1 Å². The molecule has 136 valence electrons. The molecule has 1 aromatic rings. The molecule has 2 aliphatic heterocycles. The van der Waals surface area contributed by atoms with Crippen LogP contribution < -0.4 is 5.73 Å². The van der Waals surface area contributed by atoms with E-state index in [1.54, 1.807) is 0 Å². The van der Waals surface area contributed by atoms with E-state index in [1.807, 2.05) is 0 Å². The van der Waals surface area contributed by atoms with Gasteiger partial charge in [0.2, 0.25) is 11.1 Å². The lowest BCUT2D eigenvalue weighted by Crippen LogP contribution is -2.68. The van der Waals surface area contributed by atoms with Crippen LogP contribution in [-0.4, -0.2) is 78.0 Å². The van der Waals surface area contributed by atoms with Gasteiger partial charge < -0.3 is 10.8 Å². The highest BCUT2D eigenvalue weighted by molar-refractivity contribution is 8.01. The van der Waals surface area contributed by atoms with E-state index < -0.39 is 39.3 Å². The lowest BCUT2D eigenvalue weighted by atomic mass is 10.0. The highest BCUT2D eigenvalue weighted by Crippen LogP contribution is 2.40. The Bertz CT molecular complexity index is 866. The van der Waals surface area contributed by atoms with Crippen LogP contribution >= 0.6 is 23.5 Å². The predicted molar refractivity (Wildman–Crippen MR) is 85.8 cm³/mol. The van der Waals surface area contributed by atoms with Crippen molar-refractivity contribution < 1.29 is 27.7 Å². The van der Waals surface area contributed by atoms with Gasteiger partial charge in [-0.2, -0.15) is 8.42 Å². The molecule has 4 N–H and O–H groups in total. The Labute approximate surface area is 149 Å². The maximum absolute atomic E-state index is 11.9. The molecule has 1 fully saturated rings. The summed E-state index contributed by atoms with van der Waals surface area (Å²) in [6, 6.07) is -0.712. The summed E-state index contributed by atoms with van der Waals surface area (Å²) in [7, 11) is -4.33. The summed E-state index contributed by atoms with van der Waals surface area (Å²) >= 11 is 2.36. The van der Waals surface area contributed by atoms with E-state index in [-0.39, 0.29) is 16.6 Å². The van der Waals surface area contributed by atoms with Crippen LogP contribution in [0.5, 0.6) is 0 Å². The third-order valence-corrected chi connectivity index (χ3v) is 6.43. The Kier molecular flexibility index (Phi) is 4.76. The second-order valence-electron chi connectivity index (χ2n) is 5.15. The van der Waals surface area contributed by atoms with Gasteiger partial charge in [-0.1, -0.05) is 11.8 Å². The molecule has 1 aromatic heterocycles. The quantitative estimate of drug-likeness (QED) is 0.273. The Morgan fingerprint density at radius 2 is 2.20 bits per heavy atom. The highest BCUT2D eigenvalue weighted by atomic mass is 32.2. The molecule has 3 heterocycles. The molecule has 0 spiro atoms. The van der Waals surface area contributed by atoms with Crippen molar-refractivity contribution in [3.63, 3.8) is 0 Å². The number of β-lactam (4-membered cyclic amide) rings is 1. The van der Waals surface area contributed by atoms with Gasteiger partial charge >= 0.3 is 5.97 Å².